The van der Waals surface area contributed by atoms with E-state index in [4.69, 9.17) is 22.1 Å². The molecule has 2 N–H and O–H groups in total. The highest BCUT2D eigenvalue weighted by Gasteiger charge is 2.24. The van der Waals surface area contributed by atoms with Crippen LogP contribution in [-0.4, -0.2) is 29.3 Å². The minimum absolute atomic E-state index is 0.255. The Morgan fingerprint density at radius 1 is 1.45 bits per heavy atom. The van der Waals surface area contributed by atoms with Crippen molar-refractivity contribution in [1.82, 2.24) is 9.78 Å². The first-order valence-electron chi connectivity index (χ1n) is 6.20. The van der Waals surface area contributed by atoms with Crippen LogP contribution in [0, 0.1) is 0 Å². The van der Waals surface area contributed by atoms with E-state index in [2.05, 4.69) is 5.10 Å². The van der Waals surface area contributed by atoms with Gasteiger partial charge in [-0.05, 0) is 5.56 Å². The van der Waals surface area contributed by atoms with Crippen LogP contribution in [0.2, 0.25) is 5.02 Å². The Morgan fingerprint density at radius 3 is 2.80 bits per heavy atom. The summed E-state index contributed by atoms with van der Waals surface area (Å²) in [5.74, 6) is -0.255. The summed E-state index contributed by atoms with van der Waals surface area (Å²) in [7, 11) is 1.59. The van der Waals surface area contributed by atoms with Crippen LogP contribution in [0.5, 0.6) is 0 Å². The molecule has 0 saturated carbocycles. The van der Waals surface area contributed by atoms with Gasteiger partial charge in [-0.3, -0.25) is 9.48 Å². The largest absolute Gasteiger partial charge is 0.383 e. The molecule has 0 saturated heterocycles. The first kappa shape index (κ1) is 14.7. The smallest absolute Gasteiger partial charge is 0.203 e. The van der Waals surface area contributed by atoms with E-state index in [9.17, 15) is 4.79 Å². The van der Waals surface area contributed by atoms with Crippen molar-refractivity contribution in [3.63, 3.8) is 0 Å². The molecular weight excluding hydrogens is 278 g/mol. The van der Waals surface area contributed by atoms with Crippen LogP contribution in [0.25, 0.3) is 0 Å². The summed E-state index contributed by atoms with van der Waals surface area (Å²) in [5.41, 5.74) is 7.08. The molecule has 0 aliphatic carbocycles. The molecule has 0 spiro atoms. The molecule has 20 heavy (non-hydrogen) atoms. The Hall–Kier alpha value is -1.69. The highest BCUT2D eigenvalue weighted by atomic mass is 35.5. The lowest BCUT2D eigenvalue weighted by Crippen LogP contribution is -2.25. The van der Waals surface area contributed by atoms with Crippen LogP contribution in [0.1, 0.15) is 22.1 Å². The van der Waals surface area contributed by atoms with Crippen molar-refractivity contribution in [1.29, 1.82) is 0 Å². The van der Waals surface area contributed by atoms with Gasteiger partial charge in [0.05, 0.1) is 30.4 Å². The molecule has 5 nitrogen and oxygen atoms in total. The van der Waals surface area contributed by atoms with E-state index < -0.39 is 6.04 Å². The Morgan fingerprint density at radius 2 is 2.15 bits per heavy atom. The van der Waals surface area contributed by atoms with Crippen molar-refractivity contribution in [2.75, 3.05) is 13.7 Å². The molecule has 1 unspecified atom stereocenters. The SMILES string of the molecule is COCCn1ncc(Cl)c1C(=O)C(N)c1ccccc1. The predicted molar refractivity (Wildman–Crippen MR) is 76.8 cm³/mol. The fourth-order valence-electron chi connectivity index (χ4n) is 1.91. The number of ketones is 1. The molecule has 0 radical (unpaired) electrons. The van der Waals surface area contributed by atoms with Crippen molar-refractivity contribution < 1.29 is 9.53 Å². The number of carbonyl (C=O) groups excluding carboxylic acids is 1. The van der Waals surface area contributed by atoms with Crippen LogP contribution in [-0.2, 0) is 11.3 Å². The van der Waals surface area contributed by atoms with Gasteiger partial charge in [-0.2, -0.15) is 5.10 Å². The van der Waals surface area contributed by atoms with Crippen LogP contribution in [0.3, 0.4) is 0 Å². The summed E-state index contributed by atoms with van der Waals surface area (Å²) < 4.78 is 6.51. The first-order chi connectivity index (χ1) is 9.65. The van der Waals surface area contributed by atoms with Crippen molar-refractivity contribution in [2.24, 2.45) is 5.73 Å². The van der Waals surface area contributed by atoms with E-state index in [1.165, 1.54) is 10.9 Å². The van der Waals surface area contributed by atoms with Gasteiger partial charge in [0.15, 0.2) is 0 Å². The summed E-state index contributed by atoms with van der Waals surface area (Å²) in [6.45, 7) is 0.894. The predicted octanol–water partition coefficient (Wildman–Crippen LogP) is 2.07. The molecule has 6 heteroatoms. The van der Waals surface area contributed by atoms with Crippen molar-refractivity contribution in [3.8, 4) is 0 Å². The van der Waals surface area contributed by atoms with Crippen LogP contribution >= 0.6 is 11.6 Å². The van der Waals surface area contributed by atoms with Gasteiger partial charge in [0.1, 0.15) is 5.69 Å². The van der Waals surface area contributed by atoms with E-state index in [0.717, 1.165) is 5.56 Å². The number of methoxy groups -OCH3 is 1. The lowest BCUT2D eigenvalue weighted by atomic mass is 10.0. The number of Topliss-reactive ketones (excluding diaryl/α,β-unsaturated/α-hetero) is 1. The lowest BCUT2D eigenvalue weighted by Gasteiger charge is -2.13. The van der Waals surface area contributed by atoms with Gasteiger partial charge < -0.3 is 10.5 Å². The topological polar surface area (TPSA) is 70.1 Å². The molecule has 0 fully saturated rings. The summed E-state index contributed by atoms with van der Waals surface area (Å²) in [6, 6.07) is 8.42. The molecule has 2 aromatic rings. The van der Waals surface area contributed by atoms with E-state index >= 15 is 0 Å². The van der Waals surface area contributed by atoms with Gasteiger partial charge in [0, 0.05) is 7.11 Å². The molecule has 106 valence electrons. The number of rotatable bonds is 6. The maximum Gasteiger partial charge on any atom is 0.203 e. The van der Waals surface area contributed by atoms with Gasteiger partial charge in [-0.25, -0.2) is 0 Å². The summed E-state index contributed by atoms with van der Waals surface area (Å²) in [6.07, 6.45) is 1.45. The van der Waals surface area contributed by atoms with Crippen LogP contribution in [0.15, 0.2) is 36.5 Å². The normalized spacial score (nSPS) is 12.3. The summed E-state index contributed by atoms with van der Waals surface area (Å²) >= 11 is 6.05. The molecule has 2 rings (SSSR count). The van der Waals surface area contributed by atoms with Crippen LogP contribution < -0.4 is 5.73 Å². The standard InChI is InChI=1S/C14H16ClN3O2/c1-20-8-7-18-13(11(15)9-17-18)14(19)12(16)10-5-3-2-4-6-10/h2-6,9,12H,7-8,16H2,1H3. The number of nitrogens with two attached hydrogens (primary N) is 1. The second kappa shape index (κ2) is 6.65. The molecule has 1 aromatic carbocycles. The maximum atomic E-state index is 12.5. The lowest BCUT2D eigenvalue weighted by molar-refractivity contribution is 0.0947. The zero-order valence-electron chi connectivity index (χ0n) is 11.1. The molecular formula is C14H16ClN3O2. The molecule has 0 aliphatic rings. The molecule has 1 heterocycles. The number of nitrogens with zero attached hydrogens (tertiary/aromatic N) is 2. The molecule has 0 aliphatic heterocycles. The molecule has 0 bridgehead atoms. The molecule has 0 amide bonds. The van der Waals surface area contributed by atoms with Crippen molar-refractivity contribution in [3.05, 3.63) is 52.8 Å². The van der Waals surface area contributed by atoms with E-state index in [1.807, 2.05) is 30.3 Å². The van der Waals surface area contributed by atoms with E-state index in [1.54, 1.807) is 7.11 Å². The fourth-order valence-corrected chi connectivity index (χ4v) is 2.15. The minimum atomic E-state index is -0.758. The average molecular weight is 294 g/mol. The number of halogens is 1. The second-order valence-electron chi connectivity index (χ2n) is 4.31. The summed E-state index contributed by atoms with van der Waals surface area (Å²) in [5, 5.41) is 4.38. The van der Waals surface area contributed by atoms with E-state index in [0.29, 0.717) is 23.9 Å². The van der Waals surface area contributed by atoms with Gasteiger partial charge in [0.2, 0.25) is 5.78 Å². The highest BCUT2D eigenvalue weighted by molar-refractivity contribution is 6.33. The maximum absolute atomic E-state index is 12.5. The zero-order valence-corrected chi connectivity index (χ0v) is 11.9. The molecule has 1 atom stereocenters. The quantitative estimate of drug-likeness (QED) is 0.828. The monoisotopic (exact) mass is 293 g/mol. The fraction of sp³-hybridized carbons (Fsp3) is 0.286. The first-order valence-corrected chi connectivity index (χ1v) is 6.58. The number of hydrogen-bond acceptors (Lipinski definition) is 4. The number of ether oxygens (including phenoxy) is 1. The highest BCUT2D eigenvalue weighted by Crippen LogP contribution is 2.22. The third-order valence-electron chi connectivity index (χ3n) is 2.98. The number of hydrogen-bond donors (Lipinski definition) is 1. The van der Waals surface area contributed by atoms with Gasteiger partial charge in [0.25, 0.3) is 0 Å². The Kier molecular flexibility index (Phi) is 4.89. The second-order valence-corrected chi connectivity index (χ2v) is 4.72. The van der Waals surface area contributed by atoms with Crippen molar-refractivity contribution in [2.45, 2.75) is 12.6 Å². The number of aromatic nitrogens is 2. The summed E-state index contributed by atoms with van der Waals surface area (Å²) in [4.78, 5) is 12.5. The van der Waals surface area contributed by atoms with E-state index in [-0.39, 0.29) is 5.78 Å². The van der Waals surface area contributed by atoms with Crippen molar-refractivity contribution >= 4 is 17.4 Å². The number of carbonyl (C=O) groups is 1. The van der Waals surface area contributed by atoms with Crippen LogP contribution in [0.4, 0.5) is 0 Å². The Bertz CT molecular complexity index is 583. The number of benzene rings is 1. The van der Waals surface area contributed by atoms with Gasteiger partial charge >= 0.3 is 0 Å². The van der Waals surface area contributed by atoms with Gasteiger partial charge in [-0.15, -0.1) is 0 Å². The average Bonchev–Trinajstić information content (AvgIpc) is 2.85. The Balaban J connectivity index is 2.27. The zero-order chi connectivity index (χ0) is 14.5. The minimum Gasteiger partial charge on any atom is -0.383 e. The Labute approximate surface area is 122 Å². The molecule has 1 aromatic heterocycles. The third-order valence-corrected chi connectivity index (χ3v) is 3.25. The van der Waals surface area contributed by atoms with Gasteiger partial charge in [-0.1, -0.05) is 41.9 Å². The third kappa shape index (κ3) is 3.07.